The molecule has 0 unspecified atom stereocenters. The molecule has 1 heterocycles. The van der Waals surface area contributed by atoms with Crippen molar-refractivity contribution in [2.45, 2.75) is 13.3 Å². The minimum Gasteiger partial charge on any atom is -0.478 e. The lowest BCUT2D eigenvalue weighted by Crippen LogP contribution is -2.36. The van der Waals surface area contributed by atoms with Gasteiger partial charge in [0.15, 0.2) is 0 Å². The summed E-state index contributed by atoms with van der Waals surface area (Å²) in [6, 6.07) is 13.2. The van der Waals surface area contributed by atoms with E-state index in [0.717, 1.165) is 28.6 Å². The van der Waals surface area contributed by atoms with Crippen LogP contribution in [0.1, 0.15) is 28.4 Å². The van der Waals surface area contributed by atoms with Gasteiger partial charge < -0.3 is 10.4 Å². The van der Waals surface area contributed by atoms with E-state index in [1.165, 1.54) is 18.2 Å². The summed E-state index contributed by atoms with van der Waals surface area (Å²) in [4.78, 5) is 48.9. The summed E-state index contributed by atoms with van der Waals surface area (Å²) in [6.45, 7) is 1.65. The molecule has 1 fully saturated rings. The molecule has 1 aliphatic rings. The lowest BCUT2D eigenvalue weighted by atomic mass is 10.1. The van der Waals surface area contributed by atoms with Crippen molar-refractivity contribution in [3.8, 4) is 0 Å². The number of nitrogens with one attached hydrogen (secondary N) is 1. The highest BCUT2D eigenvalue weighted by molar-refractivity contribution is 8.18. The predicted octanol–water partition coefficient (Wildman–Crippen LogP) is 3.62. The number of nitrogens with zero attached hydrogens (tertiary/aromatic N) is 1. The van der Waals surface area contributed by atoms with Crippen LogP contribution in [0.15, 0.2) is 53.4 Å². The first-order valence-corrected chi connectivity index (χ1v) is 9.66. The molecular formula is C21H18N2O5S. The second kappa shape index (κ2) is 8.74. The van der Waals surface area contributed by atoms with Gasteiger partial charge in [0.2, 0.25) is 5.91 Å². The van der Waals surface area contributed by atoms with E-state index in [-0.39, 0.29) is 17.0 Å². The van der Waals surface area contributed by atoms with Gasteiger partial charge in [0, 0.05) is 5.69 Å². The first kappa shape index (κ1) is 20.3. The quantitative estimate of drug-likeness (QED) is 0.705. The first-order valence-electron chi connectivity index (χ1n) is 8.85. The minimum atomic E-state index is -1.05. The molecule has 3 amide bonds. The first-order chi connectivity index (χ1) is 13.9. The third-order valence-electron chi connectivity index (χ3n) is 4.28. The number of carboxylic acid groups (broad SMARTS) is 1. The molecule has 0 spiro atoms. The Morgan fingerprint density at radius 1 is 1.07 bits per heavy atom. The van der Waals surface area contributed by atoms with Crippen LogP contribution in [0.2, 0.25) is 0 Å². The fourth-order valence-electron chi connectivity index (χ4n) is 2.68. The number of carbonyl (C=O) groups excluding carboxylic acids is 3. The summed E-state index contributed by atoms with van der Waals surface area (Å²) >= 11 is 0.743. The molecule has 3 rings (SSSR count). The van der Waals surface area contributed by atoms with Crippen molar-refractivity contribution in [3.63, 3.8) is 0 Å². The van der Waals surface area contributed by atoms with Crippen LogP contribution in [0.25, 0.3) is 6.08 Å². The van der Waals surface area contributed by atoms with Gasteiger partial charge >= 0.3 is 5.97 Å². The van der Waals surface area contributed by atoms with Crippen molar-refractivity contribution < 1.29 is 24.3 Å². The molecule has 29 heavy (non-hydrogen) atoms. The van der Waals surface area contributed by atoms with Crippen LogP contribution in [0.5, 0.6) is 0 Å². The molecule has 0 radical (unpaired) electrons. The zero-order chi connectivity index (χ0) is 21.0. The van der Waals surface area contributed by atoms with Crippen LogP contribution < -0.4 is 5.32 Å². The van der Waals surface area contributed by atoms with E-state index < -0.39 is 23.0 Å². The van der Waals surface area contributed by atoms with Crippen molar-refractivity contribution in [3.05, 3.63) is 70.1 Å². The van der Waals surface area contributed by atoms with Crippen molar-refractivity contribution in [1.82, 2.24) is 4.90 Å². The molecule has 8 heteroatoms. The SMILES string of the molecule is CCc1ccc(NC(=O)CN2C(=O)S/C(=C\c3ccc(C(=O)O)cc3)C2=O)cc1. The van der Waals surface area contributed by atoms with E-state index in [1.807, 2.05) is 19.1 Å². The number of aromatic carboxylic acids is 1. The highest BCUT2D eigenvalue weighted by Crippen LogP contribution is 2.32. The third-order valence-corrected chi connectivity index (χ3v) is 5.18. The summed E-state index contributed by atoms with van der Waals surface area (Å²) in [7, 11) is 0. The standard InChI is InChI=1S/C21H18N2O5S/c1-2-13-5-9-16(10-6-13)22-18(24)12-23-19(25)17(29-21(23)28)11-14-3-7-15(8-4-14)20(26)27/h3-11H,2,12H2,1H3,(H,22,24)(H,26,27)/b17-11-. The van der Waals surface area contributed by atoms with Gasteiger partial charge in [-0.15, -0.1) is 0 Å². The Bertz CT molecular complexity index is 997. The molecule has 1 aliphatic heterocycles. The predicted molar refractivity (Wildman–Crippen MR) is 111 cm³/mol. The number of benzene rings is 2. The summed E-state index contributed by atoms with van der Waals surface area (Å²) < 4.78 is 0. The van der Waals surface area contributed by atoms with Gasteiger partial charge in [0.25, 0.3) is 11.1 Å². The van der Waals surface area contributed by atoms with E-state index in [2.05, 4.69) is 5.32 Å². The van der Waals surface area contributed by atoms with Crippen LogP contribution in [-0.4, -0.2) is 39.6 Å². The molecule has 0 aliphatic carbocycles. The van der Waals surface area contributed by atoms with E-state index in [4.69, 9.17) is 5.11 Å². The van der Waals surface area contributed by atoms with Gasteiger partial charge in [-0.2, -0.15) is 0 Å². The Morgan fingerprint density at radius 2 is 1.72 bits per heavy atom. The van der Waals surface area contributed by atoms with E-state index in [9.17, 15) is 19.2 Å². The molecule has 7 nitrogen and oxygen atoms in total. The number of hydrogen-bond donors (Lipinski definition) is 2. The van der Waals surface area contributed by atoms with Crippen molar-refractivity contribution in [2.24, 2.45) is 0 Å². The van der Waals surface area contributed by atoms with Gasteiger partial charge in [-0.05, 0) is 59.7 Å². The Morgan fingerprint density at radius 3 is 2.31 bits per heavy atom. The number of aryl methyl sites for hydroxylation is 1. The molecule has 1 saturated heterocycles. The molecule has 0 bridgehead atoms. The summed E-state index contributed by atoms with van der Waals surface area (Å²) in [5.41, 5.74) is 2.43. The molecule has 0 aromatic heterocycles. The smallest absolute Gasteiger partial charge is 0.335 e. The second-order valence-corrected chi connectivity index (χ2v) is 7.29. The molecule has 148 valence electrons. The fraction of sp³-hybridized carbons (Fsp3) is 0.143. The van der Waals surface area contributed by atoms with Crippen LogP contribution in [0.3, 0.4) is 0 Å². The molecule has 0 saturated carbocycles. The van der Waals surface area contributed by atoms with Crippen LogP contribution in [0.4, 0.5) is 10.5 Å². The maximum Gasteiger partial charge on any atom is 0.335 e. The monoisotopic (exact) mass is 410 g/mol. The Labute approximate surface area is 171 Å². The van der Waals surface area contributed by atoms with Gasteiger partial charge in [0.05, 0.1) is 10.5 Å². The third kappa shape index (κ3) is 4.91. The number of rotatable bonds is 6. The number of amides is 3. The Hall–Kier alpha value is -3.39. The van der Waals surface area contributed by atoms with Crippen molar-refractivity contribution in [2.75, 3.05) is 11.9 Å². The highest BCUT2D eigenvalue weighted by atomic mass is 32.2. The average molecular weight is 410 g/mol. The van der Waals surface area contributed by atoms with Crippen LogP contribution >= 0.6 is 11.8 Å². The summed E-state index contributed by atoms with van der Waals surface area (Å²) in [5.74, 6) is -2.07. The summed E-state index contributed by atoms with van der Waals surface area (Å²) in [5, 5.41) is 11.1. The Balaban J connectivity index is 1.66. The lowest BCUT2D eigenvalue weighted by molar-refractivity contribution is -0.127. The number of hydrogen-bond acceptors (Lipinski definition) is 5. The van der Waals surface area contributed by atoms with Gasteiger partial charge in [-0.3, -0.25) is 19.3 Å². The van der Waals surface area contributed by atoms with Gasteiger partial charge in [-0.1, -0.05) is 31.2 Å². The minimum absolute atomic E-state index is 0.124. The fourth-order valence-corrected chi connectivity index (χ4v) is 3.52. The topological polar surface area (TPSA) is 104 Å². The van der Waals surface area contributed by atoms with E-state index >= 15 is 0 Å². The highest BCUT2D eigenvalue weighted by Gasteiger charge is 2.36. The summed E-state index contributed by atoms with van der Waals surface area (Å²) in [6.07, 6.45) is 2.38. The average Bonchev–Trinajstić information content (AvgIpc) is 2.96. The van der Waals surface area contributed by atoms with E-state index in [0.29, 0.717) is 11.3 Å². The second-order valence-electron chi connectivity index (χ2n) is 6.29. The van der Waals surface area contributed by atoms with Crippen molar-refractivity contribution >= 4 is 46.5 Å². The molecule has 0 atom stereocenters. The number of carbonyl (C=O) groups is 4. The zero-order valence-corrected chi connectivity index (χ0v) is 16.4. The maximum absolute atomic E-state index is 12.5. The normalized spacial score (nSPS) is 15.1. The van der Waals surface area contributed by atoms with Gasteiger partial charge in [0.1, 0.15) is 6.54 Å². The molecule has 2 aromatic rings. The lowest BCUT2D eigenvalue weighted by Gasteiger charge is -2.12. The number of thioether (sulfide) groups is 1. The largest absolute Gasteiger partial charge is 0.478 e. The van der Waals surface area contributed by atoms with Crippen LogP contribution in [0, 0.1) is 0 Å². The molecular weight excluding hydrogens is 392 g/mol. The number of imide groups is 1. The maximum atomic E-state index is 12.5. The van der Waals surface area contributed by atoms with Gasteiger partial charge in [-0.25, -0.2) is 4.79 Å². The molecule has 2 N–H and O–H groups in total. The number of anilines is 1. The number of carboxylic acids is 1. The van der Waals surface area contributed by atoms with E-state index in [1.54, 1.807) is 24.3 Å². The zero-order valence-electron chi connectivity index (χ0n) is 15.5. The van der Waals surface area contributed by atoms with Crippen molar-refractivity contribution in [1.29, 1.82) is 0 Å². The Kier molecular flexibility index (Phi) is 6.13. The molecule has 2 aromatic carbocycles. The van der Waals surface area contributed by atoms with Crippen LogP contribution in [-0.2, 0) is 16.0 Å².